The first-order valence-corrected chi connectivity index (χ1v) is 7.38. The summed E-state index contributed by atoms with van der Waals surface area (Å²) in [5, 5.41) is 1.34. The van der Waals surface area contributed by atoms with E-state index in [-0.39, 0.29) is 56.3 Å². The van der Waals surface area contributed by atoms with Gasteiger partial charge in [0.15, 0.2) is 0 Å². The molecule has 0 bridgehead atoms. The summed E-state index contributed by atoms with van der Waals surface area (Å²) in [7, 11) is -4.43. The van der Waals surface area contributed by atoms with E-state index < -0.39 is 10.1 Å². The van der Waals surface area contributed by atoms with Crippen molar-refractivity contribution in [3.63, 3.8) is 0 Å². The molecular formula is C14H15KO3S. The quantitative estimate of drug-likeness (QED) is 0.586. The molecule has 3 nitrogen and oxygen atoms in total. The number of benzene rings is 2. The molecule has 0 aliphatic heterocycles. The van der Waals surface area contributed by atoms with Gasteiger partial charge in [-0.05, 0) is 40.8 Å². The largest absolute Gasteiger partial charge is 1.00 e. The zero-order valence-electron chi connectivity index (χ0n) is 11.4. The predicted molar refractivity (Wildman–Crippen MR) is 70.7 cm³/mol. The van der Waals surface area contributed by atoms with Crippen LogP contribution in [0.3, 0.4) is 0 Å². The van der Waals surface area contributed by atoms with Crippen LogP contribution in [0, 0.1) is 0 Å². The first kappa shape index (κ1) is 17.3. The molecule has 0 aliphatic rings. The van der Waals surface area contributed by atoms with Gasteiger partial charge < -0.3 is 4.55 Å². The summed E-state index contributed by atoms with van der Waals surface area (Å²) in [5.41, 5.74) is 2.00. The summed E-state index contributed by atoms with van der Waals surface area (Å²) < 4.78 is 33.9. The molecule has 5 heteroatoms. The van der Waals surface area contributed by atoms with Crippen LogP contribution in [-0.4, -0.2) is 13.0 Å². The van der Waals surface area contributed by atoms with Crippen LogP contribution in [0.4, 0.5) is 0 Å². The molecule has 2 aromatic carbocycles. The molecule has 0 atom stereocenters. The zero-order valence-corrected chi connectivity index (χ0v) is 15.4. The van der Waals surface area contributed by atoms with E-state index >= 15 is 0 Å². The van der Waals surface area contributed by atoms with Gasteiger partial charge in [0.25, 0.3) is 0 Å². The van der Waals surface area contributed by atoms with Crippen molar-refractivity contribution < 1.29 is 64.4 Å². The van der Waals surface area contributed by atoms with Crippen molar-refractivity contribution in [1.29, 1.82) is 0 Å². The van der Waals surface area contributed by atoms with Crippen molar-refractivity contribution >= 4 is 20.9 Å². The van der Waals surface area contributed by atoms with Crippen LogP contribution in [0.2, 0.25) is 0 Å². The Bertz CT molecular complexity index is 688. The fourth-order valence-electron chi connectivity index (χ4n) is 2.07. The maximum atomic E-state index is 11.3. The van der Waals surface area contributed by atoms with E-state index in [0.717, 1.165) is 22.9 Å². The second-order valence-corrected chi connectivity index (χ2v) is 5.66. The minimum Gasteiger partial charge on any atom is -0.744 e. The first-order chi connectivity index (χ1) is 8.45. The van der Waals surface area contributed by atoms with E-state index in [1.807, 2.05) is 32.0 Å². The van der Waals surface area contributed by atoms with Crippen LogP contribution < -0.4 is 51.4 Å². The van der Waals surface area contributed by atoms with Gasteiger partial charge in [-0.25, -0.2) is 8.42 Å². The van der Waals surface area contributed by atoms with Gasteiger partial charge in [0.05, 0.1) is 4.90 Å². The Morgan fingerprint density at radius 2 is 1.58 bits per heavy atom. The van der Waals surface area contributed by atoms with E-state index in [0.29, 0.717) is 11.8 Å². The summed E-state index contributed by atoms with van der Waals surface area (Å²) in [6.07, 6.45) is 1.58. The van der Waals surface area contributed by atoms with Crippen LogP contribution in [0.25, 0.3) is 10.8 Å². The van der Waals surface area contributed by atoms with Gasteiger partial charge in [-0.15, -0.1) is 0 Å². The summed E-state index contributed by atoms with van der Waals surface area (Å²) in [6.45, 7) is 3.97. The van der Waals surface area contributed by atoms with Crippen molar-refractivity contribution in [2.45, 2.75) is 31.6 Å². The Balaban J connectivity index is 0.00000180. The molecule has 0 spiro atoms. The number of hydrogen-bond donors (Lipinski definition) is 0. The monoisotopic (exact) mass is 302 g/mol. The van der Waals surface area contributed by atoms with Crippen molar-refractivity contribution in [1.82, 2.24) is 0 Å². The standard InChI is InChI=1S/C14H16O3S.K/c1-3-10-5-6-13-12(7-10)8-11(4-2)9-14(13)18(15,16)17;/h5-9H,3-4H2,1-2H3,(H,15,16,17);/q;+1/p-1. The molecule has 2 rings (SSSR count). The normalized spacial score (nSPS) is 11.3. The van der Waals surface area contributed by atoms with Gasteiger partial charge in [0.1, 0.15) is 10.1 Å². The Labute approximate surface area is 156 Å². The van der Waals surface area contributed by atoms with Crippen molar-refractivity contribution in [3.8, 4) is 0 Å². The predicted octanol–water partition coefficient (Wildman–Crippen LogP) is -0.127. The average molecular weight is 302 g/mol. The van der Waals surface area contributed by atoms with E-state index in [1.165, 1.54) is 6.07 Å². The van der Waals surface area contributed by atoms with Crippen molar-refractivity contribution in [3.05, 3.63) is 41.5 Å². The van der Waals surface area contributed by atoms with Gasteiger partial charge in [0.2, 0.25) is 0 Å². The van der Waals surface area contributed by atoms with Gasteiger partial charge in [-0.3, -0.25) is 0 Å². The number of fused-ring (bicyclic) bond motifs is 1. The second-order valence-electron chi connectivity index (χ2n) is 4.31. The maximum Gasteiger partial charge on any atom is 1.00 e. The maximum absolute atomic E-state index is 11.3. The van der Waals surface area contributed by atoms with Crippen LogP contribution in [-0.2, 0) is 23.0 Å². The number of aryl methyl sites for hydroxylation is 2. The Hall–Kier alpha value is 0.246. The fourth-order valence-corrected chi connectivity index (χ4v) is 2.83. The fraction of sp³-hybridized carbons (Fsp3) is 0.286. The van der Waals surface area contributed by atoms with E-state index in [9.17, 15) is 13.0 Å². The molecule has 0 amide bonds. The Morgan fingerprint density at radius 1 is 1.00 bits per heavy atom. The third kappa shape index (κ3) is 3.88. The third-order valence-electron chi connectivity index (χ3n) is 3.12. The summed E-state index contributed by atoms with van der Waals surface area (Å²) in [5.74, 6) is 0. The molecule has 19 heavy (non-hydrogen) atoms. The van der Waals surface area contributed by atoms with Crippen molar-refractivity contribution in [2.24, 2.45) is 0 Å². The molecule has 0 saturated heterocycles. The van der Waals surface area contributed by atoms with Crippen LogP contribution in [0.15, 0.2) is 35.2 Å². The van der Waals surface area contributed by atoms with Gasteiger partial charge in [-0.2, -0.15) is 0 Å². The first-order valence-electron chi connectivity index (χ1n) is 5.97. The van der Waals surface area contributed by atoms with E-state index in [4.69, 9.17) is 0 Å². The SMILES string of the molecule is CCc1ccc2c(S(=O)(=O)[O-])cc(CC)cc2c1.[K+]. The number of rotatable bonds is 3. The van der Waals surface area contributed by atoms with Crippen molar-refractivity contribution in [2.75, 3.05) is 0 Å². The molecule has 96 valence electrons. The van der Waals surface area contributed by atoms with Gasteiger partial charge in [0, 0.05) is 0 Å². The zero-order chi connectivity index (χ0) is 13.3. The molecule has 0 aromatic heterocycles. The smallest absolute Gasteiger partial charge is 0.744 e. The molecule has 2 aromatic rings. The molecule has 0 heterocycles. The van der Waals surface area contributed by atoms with E-state index in [1.54, 1.807) is 6.07 Å². The molecule has 0 fully saturated rings. The van der Waals surface area contributed by atoms with Gasteiger partial charge >= 0.3 is 51.4 Å². The van der Waals surface area contributed by atoms with Crippen LogP contribution in [0.5, 0.6) is 0 Å². The molecule has 0 radical (unpaired) electrons. The molecule has 0 unspecified atom stereocenters. The summed E-state index contributed by atoms with van der Waals surface area (Å²) in [6, 6.07) is 8.96. The van der Waals surface area contributed by atoms with Gasteiger partial charge in [-0.1, -0.05) is 38.1 Å². The second kappa shape index (κ2) is 6.80. The molecule has 0 aliphatic carbocycles. The minimum absolute atomic E-state index is 0. The Morgan fingerprint density at radius 3 is 2.11 bits per heavy atom. The van der Waals surface area contributed by atoms with E-state index in [2.05, 4.69) is 0 Å². The van der Waals surface area contributed by atoms with Crippen LogP contribution in [0.1, 0.15) is 25.0 Å². The summed E-state index contributed by atoms with van der Waals surface area (Å²) >= 11 is 0. The molecular weight excluding hydrogens is 287 g/mol. The third-order valence-corrected chi connectivity index (χ3v) is 4.00. The number of hydrogen-bond acceptors (Lipinski definition) is 3. The summed E-state index contributed by atoms with van der Waals surface area (Å²) in [4.78, 5) is -0.112. The minimum atomic E-state index is -4.43. The average Bonchev–Trinajstić information content (AvgIpc) is 2.35. The molecule has 0 saturated carbocycles. The molecule has 0 N–H and O–H groups in total. The topological polar surface area (TPSA) is 57.2 Å². The van der Waals surface area contributed by atoms with Crippen LogP contribution >= 0.6 is 0 Å². The Kier molecular flexibility index (Phi) is 6.19.